The van der Waals surface area contributed by atoms with Crippen molar-refractivity contribution < 1.29 is 15.0 Å². The van der Waals surface area contributed by atoms with Crippen LogP contribution in [0.2, 0.25) is 0 Å². The second kappa shape index (κ2) is 9.73. The van der Waals surface area contributed by atoms with Crippen molar-refractivity contribution in [2.75, 3.05) is 14.1 Å². The molecule has 0 heterocycles. The minimum atomic E-state index is -0.634. The number of aliphatic hydroxyl groups is 2. The average molecular weight is 398 g/mol. The number of rotatable bonds is 8. The van der Waals surface area contributed by atoms with Gasteiger partial charge in [-0.2, -0.15) is 0 Å². The Morgan fingerprint density at radius 2 is 2.03 bits per heavy atom. The second-order valence-corrected chi connectivity index (χ2v) is 8.92. The van der Waals surface area contributed by atoms with Gasteiger partial charge in [0.05, 0.1) is 12.2 Å². The Kier molecular flexibility index (Phi) is 7.31. The lowest BCUT2D eigenvalue weighted by Gasteiger charge is -2.19. The fraction of sp³-hybridized carbons (Fsp3) is 0.560. The van der Waals surface area contributed by atoms with E-state index in [1.807, 2.05) is 43.3 Å². The molecule has 1 fully saturated rings. The predicted molar refractivity (Wildman–Crippen MR) is 116 cm³/mol. The Morgan fingerprint density at radius 3 is 2.76 bits per heavy atom. The summed E-state index contributed by atoms with van der Waals surface area (Å²) < 4.78 is 0. The van der Waals surface area contributed by atoms with Crippen LogP contribution in [-0.2, 0) is 4.79 Å². The van der Waals surface area contributed by atoms with Gasteiger partial charge in [0.2, 0.25) is 5.91 Å². The van der Waals surface area contributed by atoms with Gasteiger partial charge in [0.15, 0.2) is 0 Å². The normalized spacial score (nSPS) is 27.1. The number of carbonyl (C=O) groups is 1. The van der Waals surface area contributed by atoms with Crippen molar-refractivity contribution in [1.82, 2.24) is 4.90 Å². The molecule has 0 radical (unpaired) electrons. The van der Waals surface area contributed by atoms with Crippen LogP contribution >= 0.6 is 0 Å². The first-order valence-corrected chi connectivity index (χ1v) is 10.9. The predicted octanol–water partition coefficient (Wildman–Crippen LogP) is 4.18. The molecule has 2 N–H and O–H groups in total. The minimum Gasteiger partial charge on any atom is -0.392 e. The number of aryl methyl sites for hydroxylation is 1. The van der Waals surface area contributed by atoms with Crippen LogP contribution in [0, 0.1) is 24.7 Å². The van der Waals surface area contributed by atoms with E-state index in [-0.39, 0.29) is 17.9 Å². The Labute approximate surface area is 174 Å². The summed E-state index contributed by atoms with van der Waals surface area (Å²) in [7, 11) is 3.61. The Bertz CT molecular complexity index is 767. The number of unbranched alkanes of at least 4 members (excludes halogenated alkanes) is 1. The van der Waals surface area contributed by atoms with E-state index in [0.29, 0.717) is 18.3 Å². The number of hydrogen-bond donors (Lipinski definition) is 2. The minimum absolute atomic E-state index is 0.0998. The lowest BCUT2D eigenvalue weighted by atomic mass is 9.88. The van der Waals surface area contributed by atoms with Crippen molar-refractivity contribution in [3.63, 3.8) is 0 Å². The van der Waals surface area contributed by atoms with E-state index < -0.39 is 6.10 Å². The van der Waals surface area contributed by atoms with E-state index in [1.54, 1.807) is 19.0 Å². The van der Waals surface area contributed by atoms with E-state index >= 15 is 0 Å². The zero-order chi connectivity index (χ0) is 21.0. The highest BCUT2D eigenvalue weighted by Crippen LogP contribution is 2.48. The van der Waals surface area contributed by atoms with Crippen LogP contribution in [0.25, 0.3) is 0 Å². The molecule has 2 aliphatic carbocycles. The number of nitrogens with zero attached hydrogens (tertiary/aromatic N) is 1. The molecule has 0 aromatic heterocycles. The molecule has 1 amide bonds. The zero-order valence-electron chi connectivity index (χ0n) is 17.9. The lowest BCUT2D eigenvalue weighted by molar-refractivity contribution is -0.128. The van der Waals surface area contributed by atoms with E-state index in [0.717, 1.165) is 43.2 Å². The summed E-state index contributed by atoms with van der Waals surface area (Å²) in [5.41, 5.74) is 3.47. The van der Waals surface area contributed by atoms with Crippen LogP contribution in [0.1, 0.15) is 55.8 Å². The van der Waals surface area contributed by atoms with Crippen molar-refractivity contribution in [2.24, 2.45) is 17.8 Å². The van der Waals surface area contributed by atoms with Crippen LogP contribution < -0.4 is 0 Å². The van der Waals surface area contributed by atoms with E-state index in [9.17, 15) is 15.0 Å². The maximum absolute atomic E-state index is 11.7. The topological polar surface area (TPSA) is 60.8 Å². The highest BCUT2D eigenvalue weighted by atomic mass is 16.3. The number of carbonyl (C=O) groups excluding carboxylic acids is 1. The smallest absolute Gasteiger partial charge is 0.222 e. The SMILES string of the molecule is Cc1ccccc1[C@@H](O)C=C[C@@H]1[C@H]2CC(CCCCC(=O)N(C)C)=C[C@H]2C[C@H]1O. The van der Waals surface area contributed by atoms with Crippen molar-refractivity contribution >= 4 is 5.91 Å². The standard InChI is InChI=1S/C25H35NO3/c1-17-8-4-6-10-20(17)23(27)13-12-21-22-15-18(14-19(22)16-24(21)28)9-5-7-11-25(29)26(2)3/h4,6,8,10,12-14,19,21-24,27-28H,5,7,9,11,15-16H2,1-3H3/t19-,21+,22-,23-,24+/m0/s1. The molecule has 0 saturated heterocycles. The van der Waals surface area contributed by atoms with Crippen LogP contribution in [0.15, 0.2) is 48.1 Å². The molecule has 158 valence electrons. The molecule has 4 nitrogen and oxygen atoms in total. The van der Waals surface area contributed by atoms with Gasteiger partial charge >= 0.3 is 0 Å². The summed E-state index contributed by atoms with van der Waals surface area (Å²) in [5, 5.41) is 21.1. The molecule has 4 heteroatoms. The molecule has 0 spiro atoms. The lowest BCUT2D eigenvalue weighted by Crippen LogP contribution is -2.21. The summed E-state index contributed by atoms with van der Waals surface area (Å²) in [6, 6.07) is 7.88. The Morgan fingerprint density at radius 1 is 1.28 bits per heavy atom. The number of amides is 1. The summed E-state index contributed by atoms with van der Waals surface area (Å²) in [5.74, 6) is 1.17. The van der Waals surface area contributed by atoms with Crippen LogP contribution in [0.5, 0.6) is 0 Å². The summed E-state index contributed by atoms with van der Waals surface area (Å²) in [6.45, 7) is 2.01. The van der Waals surface area contributed by atoms with Gasteiger partial charge in [-0.25, -0.2) is 0 Å². The highest BCUT2D eigenvalue weighted by molar-refractivity contribution is 5.75. The first-order valence-electron chi connectivity index (χ1n) is 10.9. The Balaban J connectivity index is 1.52. The van der Waals surface area contributed by atoms with Crippen LogP contribution in [-0.4, -0.2) is 41.2 Å². The molecule has 3 rings (SSSR count). The molecule has 0 unspecified atom stereocenters. The number of allylic oxidation sites excluding steroid dienone is 2. The number of fused-ring (bicyclic) bond motifs is 1. The van der Waals surface area contributed by atoms with Crippen molar-refractivity contribution in [3.8, 4) is 0 Å². The number of aliphatic hydroxyl groups excluding tert-OH is 2. The van der Waals surface area contributed by atoms with Gasteiger partial charge in [-0.1, -0.05) is 48.1 Å². The van der Waals surface area contributed by atoms with Gasteiger partial charge in [0.1, 0.15) is 0 Å². The van der Waals surface area contributed by atoms with Crippen molar-refractivity contribution in [3.05, 3.63) is 59.2 Å². The third-order valence-electron chi connectivity index (χ3n) is 6.61. The van der Waals surface area contributed by atoms with Crippen molar-refractivity contribution in [1.29, 1.82) is 0 Å². The molecule has 1 saturated carbocycles. The maximum Gasteiger partial charge on any atom is 0.222 e. The molecular formula is C25H35NO3. The molecule has 0 aliphatic heterocycles. The first kappa shape index (κ1) is 21.8. The summed E-state index contributed by atoms with van der Waals surface area (Å²) in [6.07, 6.45) is 10.8. The van der Waals surface area contributed by atoms with Crippen molar-refractivity contribution in [2.45, 2.75) is 57.7 Å². The molecule has 1 aromatic rings. The van der Waals surface area contributed by atoms with Crippen LogP contribution in [0.4, 0.5) is 0 Å². The van der Waals surface area contributed by atoms with E-state index in [4.69, 9.17) is 0 Å². The summed E-state index contributed by atoms with van der Waals surface area (Å²) in [4.78, 5) is 13.3. The molecule has 0 bridgehead atoms. The van der Waals surface area contributed by atoms with Gasteiger partial charge in [-0.3, -0.25) is 4.79 Å². The fourth-order valence-electron chi connectivity index (χ4n) is 4.90. The monoisotopic (exact) mass is 397 g/mol. The number of benzene rings is 1. The largest absolute Gasteiger partial charge is 0.392 e. The number of hydrogen-bond acceptors (Lipinski definition) is 3. The summed E-state index contributed by atoms with van der Waals surface area (Å²) >= 11 is 0. The molecule has 29 heavy (non-hydrogen) atoms. The van der Waals surface area contributed by atoms with E-state index in [1.165, 1.54) is 5.57 Å². The second-order valence-electron chi connectivity index (χ2n) is 8.92. The van der Waals surface area contributed by atoms with Gasteiger partial charge in [-0.05, 0) is 62.0 Å². The van der Waals surface area contributed by atoms with E-state index in [2.05, 4.69) is 6.08 Å². The molecule has 2 aliphatic rings. The average Bonchev–Trinajstić information content (AvgIpc) is 3.19. The fourth-order valence-corrected chi connectivity index (χ4v) is 4.90. The van der Waals surface area contributed by atoms with Crippen LogP contribution in [0.3, 0.4) is 0 Å². The quantitative estimate of drug-likeness (QED) is 0.511. The first-order chi connectivity index (χ1) is 13.9. The molecule has 5 atom stereocenters. The zero-order valence-corrected chi connectivity index (χ0v) is 17.9. The van der Waals surface area contributed by atoms with Gasteiger partial charge in [0.25, 0.3) is 0 Å². The third kappa shape index (κ3) is 5.37. The molecule has 1 aromatic carbocycles. The third-order valence-corrected chi connectivity index (χ3v) is 6.61. The maximum atomic E-state index is 11.7. The highest BCUT2D eigenvalue weighted by Gasteiger charge is 2.43. The van der Waals surface area contributed by atoms with Gasteiger partial charge in [0, 0.05) is 26.4 Å². The Hall–Kier alpha value is -1.91. The molecular weight excluding hydrogens is 362 g/mol. The van der Waals surface area contributed by atoms with Gasteiger partial charge < -0.3 is 15.1 Å². The van der Waals surface area contributed by atoms with Gasteiger partial charge in [-0.15, -0.1) is 0 Å².